The number of hydrogen-bond acceptors (Lipinski definition) is 6. The largest absolute Gasteiger partial charge is 0.396 e. The van der Waals surface area contributed by atoms with Crippen molar-refractivity contribution in [2.24, 2.45) is 0 Å². The van der Waals surface area contributed by atoms with Crippen molar-refractivity contribution in [1.29, 1.82) is 0 Å². The summed E-state index contributed by atoms with van der Waals surface area (Å²) >= 11 is 0. The Bertz CT molecular complexity index is 1210. The Labute approximate surface area is 230 Å². The molecule has 2 fully saturated rings. The number of piperazine rings is 1. The highest BCUT2D eigenvalue weighted by Crippen LogP contribution is 2.41. The first-order chi connectivity index (χ1) is 19.0. The van der Waals surface area contributed by atoms with Crippen molar-refractivity contribution < 1.29 is 19.7 Å². The third kappa shape index (κ3) is 5.94. The molecule has 1 aliphatic carbocycles. The molecule has 0 spiro atoms. The lowest BCUT2D eigenvalue weighted by atomic mass is 9.80. The van der Waals surface area contributed by atoms with E-state index >= 15 is 0 Å². The molecule has 1 amide bonds. The van der Waals surface area contributed by atoms with Crippen LogP contribution in [-0.2, 0) is 11.3 Å². The number of aliphatic hydroxyl groups excluding tert-OH is 1. The van der Waals surface area contributed by atoms with E-state index in [9.17, 15) is 15.0 Å². The first kappa shape index (κ1) is 27.5. The number of methoxy groups -OCH3 is 1. The van der Waals surface area contributed by atoms with Crippen LogP contribution < -0.4 is 0 Å². The van der Waals surface area contributed by atoms with Crippen LogP contribution in [0.4, 0.5) is 0 Å². The van der Waals surface area contributed by atoms with Crippen LogP contribution in [-0.4, -0.2) is 87.1 Å². The maximum atomic E-state index is 14.2. The lowest BCUT2D eigenvalue weighted by Gasteiger charge is -2.42. The molecule has 2 aromatic carbocycles. The van der Waals surface area contributed by atoms with Crippen LogP contribution in [0.1, 0.15) is 54.2 Å². The molecule has 1 aliphatic heterocycles. The molecule has 1 saturated carbocycles. The summed E-state index contributed by atoms with van der Waals surface area (Å²) in [7, 11) is 1.61. The Hall–Kier alpha value is -3.04. The molecule has 3 atom stereocenters. The molecule has 208 valence electrons. The summed E-state index contributed by atoms with van der Waals surface area (Å²) in [5.74, 6) is -0.128. The quantitative estimate of drug-likeness (QED) is 0.436. The van der Waals surface area contributed by atoms with Crippen molar-refractivity contribution in [3.05, 3.63) is 78.2 Å². The number of amides is 1. The van der Waals surface area contributed by atoms with E-state index in [1.807, 2.05) is 58.0 Å². The molecule has 1 saturated heterocycles. The number of aromatic nitrogens is 2. The topological polar surface area (TPSA) is 91.1 Å². The second kappa shape index (κ2) is 12.4. The molecule has 8 heteroatoms. The monoisotopic (exact) mass is 532 g/mol. The maximum absolute atomic E-state index is 14.2. The molecule has 0 bridgehead atoms. The van der Waals surface area contributed by atoms with Gasteiger partial charge < -0.3 is 24.4 Å². The van der Waals surface area contributed by atoms with Gasteiger partial charge in [-0.15, -0.1) is 0 Å². The van der Waals surface area contributed by atoms with Gasteiger partial charge in [0, 0.05) is 51.5 Å². The van der Waals surface area contributed by atoms with Crippen molar-refractivity contribution in [1.82, 2.24) is 19.4 Å². The molecule has 1 aromatic heterocycles. The normalized spacial score (nSPS) is 24.1. The van der Waals surface area contributed by atoms with Gasteiger partial charge in [0.2, 0.25) is 0 Å². The lowest BCUT2D eigenvalue weighted by molar-refractivity contribution is -0.0893. The van der Waals surface area contributed by atoms with Crippen molar-refractivity contribution in [3.63, 3.8) is 0 Å². The molecule has 5 rings (SSSR count). The van der Waals surface area contributed by atoms with Gasteiger partial charge in [0.25, 0.3) is 5.91 Å². The van der Waals surface area contributed by atoms with Crippen molar-refractivity contribution in [2.75, 3.05) is 40.0 Å². The number of aliphatic hydroxyl groups is 2. The van der Waals surface area contributed by atoms with Gasteiger partial charge in [0.15, 0.2) is 5.69 Å². The predicted octanol–water partition coefficient (Wildman–Crippen LogP) is 3.75. The number of carbonyl (C=O) groups excluding carboxylic acids is 1. The Morgan fingerprint density at radius 2 is 1.82 bits per heavy atom. The van der Waals surface area contributed by atoms with Gasteiger partial charge in [0.1, 0.15) is 5.60 Å². The summed E-state index contributed by atoms with van der Waals surface area (Å²) in [4.78, 5) is 23.1. The molecular formula is C31H40N4O4. The summed E-state index contributed by atoms with van der Waals surface area (Å²) in [5.41, 5.74) is 2.23. The Balaban J connectivity index is 1.46. The van der Waals surface area contributed by atoms with Crippen LogP contribution in [0.15, 0.2) is 67.0 Å². The molecule has 2 heterocycles. The minimum absolute atomic E-state index is 0.0136. The molecule has 0 radical (unpaired) electrons. The number of carbonyl (C=O) groups is 1. The molecule has 3 aromatic rings. The smallest absolute Gasteiger partial charge is 0.275 e. The van der Waals surface area contributed by atoms with Crippen molar-refractivity contribution in [3.8, 4) is 11.3 Å². The van der Waals surface area contributed by atoms with E-state index in [2.05, 4.69) is 17.0 Å². The van der Waals surface area contributed by atoms with Crippen LogP contribution in [0.25, 0.3) is 11.3 Å². The second-order valence-corrected chi connectivity index (χ2v) is 10.9. The standard InChI is InChI=1S/C31H40N4O4/c1-39-22-31(38)16-9-8-14-27(31)35-23-32-28(29(35)25-12-6-3-7-13-25)30(37)34-18-17-33(21-26(34)15-19-36)20-24-10-4-2-5-11-24/h2-7,10-13,23,26-27,36,38H,8-9,14-22H2,1H3/t26-,27-,31-/m1/s1. The fraction of sp³-hybridized carbons (Fsp3) is 0.484. The van der Waals surface area contributed by atoms with E-state index in [0.717, 1.165) is 43.6 Å². The van der Waals surface area contributed by atoms with Gasteiger partial charge in [-0.05, 0) is 24.8 Å². The van der Waals surface area contributed by atoms with Gasteiger partial charge in [-0.25, -0.2) is 4.98 Å². The number of ether oxygens (including phenoxy) is 1. The number of hydrogen-bond donors (Lipinski definition) is 2. The first-order valence-corrected chi connectivity index (χ1v) is 14.1. The Morgan fingerprint density at radius 3 is 2.54 bits per heavy atom. The zero-order valence-corrected chi connectivity index (χ0v) is 22.8. The molecule has 2 N–H and O–H groups in total. The fourth-order valence-corrected chi connectivity index (χ4v) is 6.36. The third-order valence-electron chi connectivity index (χ3n) is 8.27. The van der Waals surface area contributed by atoms with E-state index < -0.39 is 5.60 Å². The molecular weight excluding hydrogens is 492 g/mol. The summed E-state index contributed by atoms with van der Waals surface area (Å²) in [5, 5.41) is 21.5. The lowest BCUT2D eigenvalue weighted by Crippen LogP contribution is -2.55. The van der Waals surface area contributed by atoms with Crippen molar-refractivity contribution in [2.45, 2.75) is 56.3 Å². The number of benzene rings is 2. The number of imidazole rings is 1. The molecule has 2 aliphatic rings. The van der Waals surface area contributed by atoms with Gasteiger partial charge >= 0.3 is 0 Å². The van der Waals surface area contributed by atoms with E-state index in [0.29, 0.717) is 31.6 Å². The Morgan fingerprint density at radius 1 is 1.08 bits per heavy atom. The summed E-state index contributed by atoms with van der Waals surface area (Å²) < 4.78 is 7.44. The van der Waals surface area contributed by atoms with Crippen molar-refractivity contribution >= 4 is 5.91 Å². The first-order valence-electron chi connectivity index (χ1n) is 14.1. The van der Waals surface area contributed by atoms with Gasteiger partial charge in [-0.1, -0.05) is 73.5 Å². The zero-order valence-electron chi connectivity index (χ0n) is 22.8. The number of rotatable bonds is 9. The van der Waals surface area contributed by atoms with Crippen LogP contribution >= 0.6 is 0 Å². The van der Waals surface area contributed by atoms with Crippen LogP contribution in [0.5, 0.6) is 0 Å². The maximum Gasteiger partial charge on any atom is 0.275 e. The second-order valence-electron chi connectivity index (χ2n) is 10.9. The molecule has 8 nitrogen and oxygen atoms in total. The van der Waals surface area contributed by atoms with E-state index in [4.69, 9.17) is 9.72 Å². The minimum Gasteiger partial charge on any atom is -0.396 e. The third-order valence-corrected chi connectivity index (χ3v) is 8.27. The highest BCUT2D eigenvalue weighted by Gasteiger charge is 2.42. The van der Waals surface area contributed by atoms with Gasteiger partial charge in [0.05, 0.1) is 24.7 Å². The molecule has 39 heavy (non-hydrogen) atoms. The average molecular weight is 533 g/mol. The van der Waals surface area contributed by atoms with Gasteiger partial charge in [-0.3, -0.25) is 9.69 Å². The zero-order chi connectivity index (χ0) is 27.2. The van der Waals surface area contributed by atoms with E-state index in [1.165, 1.54) is 5.56 Å². The van der Waals surface area contributed by atoms with Gasteiger partial charge in [-0.2, -0.15) is 0 Å². The van der Waals surface area contributed by atoms with Crippen LogP contribution in [0.2, 0.25) is 0 Å². The van der Waals surface area contributed by atoms with Crippen LogP contribution in [0.3, 0.4) is 0 Å². The predicted molar refractivity (Wildman–Crippen MR) is 150 cm³/mol. The summed E-state index contributed by atoms with van der Waals surface area (Å²) in [6.07, 6.45) is 5.59. The number of nitrogens with zero attached hydrogens (tertiary/aromatic N) is 4. The minimum atomic E-state index is -1.03. The van der Waals surface area contributed by atoms with E-state index in [1.54, 1.807) is 13.4 Å². The summed E-state index contributed by atoms with van der Waals surface area (Å²) in [6.45, 7) is 3.07. The highest BCUT2D eigenvalue weighted by atomic mass is 16.5. The summed E-state index contributed by atoms with van der Waals surface area (Å²) in [6, 6.07) is 19.8. The highest BCUT2D eigenvalue weighted by molar-refractivity contribution is 5.98. The average Bonchev–Trinajstić information content (AvgIpc) is 3.39. The SMILES string of the molecule is COC[C@]1(O)CCCC[C@H]1n1cnc(C(=O)N2CCN(Cc3ccccc3)C[C@H]2CCO)c1-c1ccccc1. The van der Waals surface area contributed by atoms with Crippen LogP contribution in [0, 0.1) is 0 Å². The molecule has 0 unspecified atom stereocenters. The fourth-order valence-electron chi connectivity index (χ4n) is 6.36. The Kier molecular flexibility index (Phi) is 8.77. The van der Waals surface area contributed by atoms with E-state index in [-0.39, 0.29) is 31.2 Å².